The summed E-state index contributed by atoms with van der Waals surface area (Å²) in [6, 6.07) is 65.0. The lowest BCUT2D eigenvalue weighted by Crippen LogP contribution is -2.16. The van der Waals surface area contributed by atoms with Gasteiger partial charge in [-0.25, -0.2) is 0 Å². The summed E-state index contributed by atoms with van der Waals surface area (Å²) in [5.74, 6) is 0. The number of nitrogens with zero attached hydrogens (tertiary/aromatic N) is 2. The molecule has 2 N–H and O–H groups in total. The fourth-order valence-electron chi connectivity index (χ4n) is 8.89. The molecule has 0 atom stereocenters. The van der Waals surface area contributed by atoms with E-state index in [0.29, 0.717) is 0 Å². The molecule has 1 heterocycles. The molecular formula is C53H42N2O2. The molecule has 1 aliphatic rings. The van der Waals surface area contributed by atoms with Crippen LogP contribution in [0, 0.1) is 0 Å². The van der Waals surface area contributed by atoms with Gasteiger partial charge in [-0.3, -0.25) is 0 Å². The molecule has 10 rings (SSSR count). The van der Waals surface area contributed by atoms with E-state index in [9.17, 15) is 10.2 Å². The maximum Gasteiger partial charge on any atom is 0.0682 e. The smallest absolute Gasteiger partial charge is 0.0682 e. The summed E-state index contributed by atoms with van der Waals surface area (Å²) < 4.78 is 2.31. The number of hydrogen-bond acceptors (Lipinski definition) is 3. The van der Waals surface area contributed by atoms with Gasteiger partial charge in [-0.2, -0.15) is 0 Å². The molecule has 0 bridgehead atoms. The van der Waals surface area contributed by atoms with Crippen molar-refractivity contribution in [2.24, 2.45) is 0 Å². The molecule has 276 valence electrons. The van der Waals surface area contributed by atoms with Gasteiger partial charge >= 0.3 is 0 Å². The van der Waals surface area contributed by atoms with E-state index in [1.807, 2.05) is 18.2 Å². The lowest BCUT2D eigenvalue weighted by atomic mass is 9.82. The number of rotatable bonds is 8. The Balaban J connectivity index is 1.06. The average Bonchev–Trinajstić information content (AvgIpc) is 3.71. The van der Waals surface area contributed by atoms with Crippen LogP contribution in [0.4, 0.5) is 17.1 Å². The Morgan fingerprint density at radius 2 is 1.02 bits per heavy atom. The minimum Gasteiger partial charge on any atom is -0.392 e. The summed E-state index contributed by atoms with van der Waals surface area (Å²) in [4.78, 5) is 2.36. The van der Waals surface area contributed by atoms with Crippen molar-refractivity contribution in [1.29, 1.82) is 0 Å². The highest BCUT2D eigenvalue weighted by molar-refractivity contribution is 6.10. The van der Waals surface area contributed by atoms with Crippen LogP contribution in [0.25, 0.3) is 60.9 Å². The summed E-state index contributed by atoms with van der Waals surface area (Å²) >= 11 is 0. The van der Waals surface area contributed by atoms with Crippen LogP contribution in [0.2, 0.25) is 0 Å². The summed E-state index contributed by atoms with van der Waals surface area (Å²) in [6.45, 7) is 4.66. The quantitative estimate of drug-likeness (QED) is 0.163. The first-order valence-electron chi connectivity index (χ1n) is 19.6. The Hall–Kier alpha value is -6.72. The molecule has 0 spiro atoms. The summed E-state index contributed by atoms with van der Waals surface area (Å²) in [7, 11) is 0. The van der Waals surface area contributed by atoms with Gasteiger partial charge in [0.05, 0.1) is 24.2 Å². The number of benzene rings is 8. The van der Waals surface area contributed by atoms with Gasteiger partial charge in [0.25, 0.3) is 0 Å². The average molecular weight is 739 g/mol. The standard InChI is InChI=1S/C53H42N2O2/c1-53(2)49-28-14-36(34-57)30-47(49)45-27-26-44(32-50(45)53)54(41-22-15-38(16-23-41)37-8-4-3-5-9-37)42-24-17-39(18-25-42)40-19-29-52-48(31-40)46-10-6-7-11-51(46)55(52)43-20-12-35(33-56)13-21-43/h3-32,56-57H,33-34H2,1-2H3. The third-order valence-corrected chi connectivity index (χ3v) is 11.9. The molecule has 4 heteroatoms. The molecule has 0 saturated heterocycles. The minimum atomic E-state index is -0.188. The van der Waals surface area contributed by atoms with Crippen molar-refractivity contribution in [3.8, 4) is 39.1 Å². The number of para-hydroxylation sites is 1. The molecule has 1 aliphatic carbocycles. The number of aromatic nitrogens is 1. The first-order valence-corrected chi connectivity index (χ1v) is 19.6. The molecule has 9 aromatic rings. The number of aliphatic hydroxyl groups excluding tert-OH is 2. The fourth-order valence-corrected chi connectivity index (χ4v) is 8.89. The van der Waals surface area contributed by atoms with Gasteiger partial charge in [-0.1, -0.05) is 123 Å². The van der Waals surface area contributed by atoms with Crippen LogP contribution in [0.3, 0.4) is 0 Å². The van der Waals surface area contributed by atoms with Crippen LogP contribution >= 0.6 is 0 Å². The summed E-state index contributed by atoms with van der Waals surface area (Å²) in [5.41, 5.74) is 17.9. The van der Waals surface area contributed by atoms with Crippen molar-refractivity contribution < 1.29 is 10.2 Å². The van der Waals surface area contributed by atoms with Crippen LogP contribution in [-0.2, 0) is 18.6 Å². The van der Waals surface area contributed by atoms with Crippen LogP contribution in [0.1, 0.15) is 36.1 Å². The van der Waals surface area contributed by atoms with Gasteiger partial charge in [0, 0.05) is 38.9 Å². The fraction of sp³-hybridized carbons (Fsp3) is 0.0943. The first-order chi connectivity index (χ1) is 27.9. The van der Waals surface area contributed by atoms with Crippen LogP contribution in [-0.4, -0.2) is 14.8 Å². The second kappa shape index (κ2) is 13.8. The largest absolute Gasteiger partial charge is 0.392 e. The summed E-state index contributed by atoms with van der Waals surface area (Å²) in [5, 5.41) is 22.0. The van der Waals surface area contributed by atoms with E-state index in [1.165, 1.54) is 44.2 Å². The van der Waals surface area contributed by atoms with E-state index in [1.54, 1.807) is 0 Å². The second-order valence-electron chi connectivity index (χ2n) is 15.6. The maximum absolute atomic E-state index is 9.93. The molecule has 8 aromatic carbocycles. The summed E-state index contributed by atoms with van der Waals surface area (Å²) in [6.07, 6.45) is 0. The molecule has 0 unspecified atom stereocenters. The second-order valence-corrected chi connectivity index (χ2v) is 15.6. The number of fused-ring (bicyclic) bond motifs is 6. The molecule has 0 radical (unpaired) electrons. The Bertz CT molecular complexity index is 2920. The van der Waals surface area contributed by atoms with E-state index in [0.717, 1.165) is 56.0 Å². The molecule has 1 aromatic heterocycles. The third kappa shape index (κ3) is 5.85. The monoisotopic (exact) mass is 738 g/mol. The van der Waals surface area contributed by atoms with Crippen LogP contribution in [0.5, 0.6) is 0 Å². The molecule has 4 nitrogen and oxygen atoms in total. The molecule has 0 amide bonds. The van der Waals surface area contributed by atoms with E-state index in [-0.39, 0.29) is 18.6 Å². The Morgan fingerprint density at radius 1 is 0.439 bits per heavy atom. The van der Waals surface area contributed by atoms with Gasteiger partial charge in [-0.05, 0) is 128 Å². The van der Waals surface area contributed by atoms with Gasteiger partial charge in [-0.15, -0.1) is 0 Å². The predicted octanol–water partition coefficient (Wildman–Crippen LogP) is 12.9. The lowest BCUT2D eigenvalue weighted by molar-refractivity contribution is 0.281. The Morgan fingerprint density at radius 3 is 1.72 bits per heavy atom. The van der Waals surface area contributed by atoms with Crippen LogP contribution in [0.15, 0.2) is 182 Å². The van der Waals surface area contributed by atoms with E-state index >= 15 is 0 Å². The number of anilines is 3. The SMILES string of the molecule is CC1(C)c2ccc(CO)cc2-c2ccc(N(c3ccc(-c4ccccc4)cc3)c3ccc(-c4ccc5c(c4)c4ccccc4n5-c4ccc(CO)cc4)cc3)cc21. The lowest BCUT2D eigenvalue weighted by Gasteiger charge is -2.28. The molecular weight excluding hydrogens is 697 g/mol. The Labute approximate surface area is 333 Å². The van der Waals surface area contributed by atoms with Gasteiger partial charge in [0.2, 0.25) is 0 Å². The highest BCUT2D eigenvalue weighted by Crippen LogP contribution is 2.51. The van der Waals surface area contributed by atoms with Crippen molar-refractivity contribution in [2.75, 3.05) is 4.90 Å². The number of hydrogen-bond donors (Lipinski definition) is 2. The third-order valence-electron chi connectivity index (χ3n) is 11.9. The van der Waals surface area contributed by atoms with Crippen molar-refractivity contribution in [1.82, 2.24) is 4.57 Å². The van der Waals surface area contributed by atoms with E-state index < -0.39 is 0 Å². The molecule has 0 saturated carbocycles. The topological polar surface area (TPSA) is 48.6 Å². The van der Waals surface area contributed by atoms with Crippen molar-refractivity contribution in [2.45, 2.75) is 32.5 Å². The Kier molecular flexibility index (Phi) is 8.40. The highest BCUT2D eigenvalue weighted by Gasteiger charge is 2.36. The molecule has 57 heavy (non-hydrogen) atoms. The molecule has 0 fully saturated rings. The zero-order chi connectivity index (χ0) is 38.7. The van der Waals surface area contributed by atoms with Crippen molar-refractivity contribution >= 4 is 38.9 Å². The van der Waals surface area contributed by atoms with E-state index in [2.05, 4.69) is 187 Å². The molecule has 0 aliphatic heterocycles. The van der Waals surface area contributed by atoms with Gasteiger partial charge < -0.3 is 19.7 Å². The van der Waals surface area contributed by atoms with Gasteiger partial charge in [0.15, 0.2) is 0 Å². The van der Waals surface area contributed by atoms with Crippen molar-refractivity contribution in [3.63, 3.8) is 0 Å². The zero-order valence-electron chi connectivity index (χ0n) is 32.0. The highest BCUT2D eigenvalue weighted by atomic mass is 16.3. The number of aliphatic hydroxyl groups is 2. The zero-order valence-corrected chi connectivity index (χ0v) is 32.0. The first kappa shape index (κ1) is 34.7. The normalized spacial score (nSPS) is 12.8. The predicted molar refractivity (Wildman–Crippen MR) is 236 cm³/mol. The maximum atomic E-state index is 9.93. The minimum absolute atomic E-state index is 0.0288. The van der Waals surface area contributed by atoms with Crippen molar-refractivity contribution in [3.05, 3.63) is 204 Å². The van der Waals surface area contributed by atoms with Crippen LogP contribution < -0.4 is 4.90 Å². The van der Waals surface area contributed by atoms with Gasteiger partial charge in [0.1, 0.15) is 0 Å². The van der Waals surface area contributed by atoms with E-state index in [4.69, 9.17) is 0 Å².